The average molecular weight is 986 g/mol. The van der Waals surface area contributed by atoms with Crippen molar-refractivity contribution in [1.82, 2.24) is 39.0 Å². The van der Waals surface area contributed by atoms with Crippen LogP contribution in [-0.4, -0.2) is 120 Å². The van der Waals surface area contributed by atoms with E-state index in [1.165, 1.54) is 28.1 Å². The molecule has 67 heavy (non-hydrogen) atoms. The first kappa shape index (κ1) is 50.0. The Labute approximate surface area is 386 Å². The van der Waals surface area contributed by atoms with E-state index in [-0.39, 0.29) is 71.1 Å². The number of aromatic nitrogens is 8. The van der Waals surface area contributed by atoms with Crippen molar-refractivity contribution in [3.05, 3.63) is 65.2 Å². The number of aliphatic hydroxyl groups is 1. The highest BCUT2D eigenvalue weighted by Gasteiger charge is 2.53. The average Bonchev–Trinajstić information content (AvgIpc) is 4.07. The molecule has 2 unspecified atom stereocenters. The fourth-order valence-electron chi connectivity index (χ4n) is 6.99. The summed E-state index contributed by atoms with van der Waals surface area (Å²) in [6, 6.07) is 10.6. The van der Waals surface area contributed by atoms with Crippen LogP contribution in [0.2, 0.25) is 18.1 Å². The number of ether oxygens (including phenoxy) is 2. The summed E-state index contributed by atoms with van der Waals surface area (Å²) < 4.78 is 59.4. The van der Waals surface area contributed by atoms with Crippen molar-refractivity contribution in [3.63, 3.8) is 0 Å². The molecule has 2 fully saturated rings. The predicted molar refractivity (Wildman–Crippen MR) is 243 cm³/mol. The van der Waals surface area contributed by atoms with Crippen LogP contribution < -0.4 is 16.2 Å². The maximum atomic E-state index is 13.2. The number of nitrogens with zero attached hydrogens (tertiary/aromatic N) is 8. The molecular formula is C40H53N11O13P2Si. The topological polar surface area (TPSA) is 311 Å². The van der Waals surface area contributed by atoms with E-state index in [4.69, 9.17) is 32.0 Å². The van der Waals surface area contributed by atoms with Gasteiger partial charge in [0.15, 0.2) is 48.9 Å². The molecule has 0 aliphatic carbocycles. The zero-order valence-corrected chi connectivity index (χ0v) is 40.6. The van der Waals surface area contributed by atoms with Crippen LogP contribution in [0.5, 0.6) is 0 Å². The van der Waals surface area contributed by atoms with E-state index in [0.717, 1.165) is 0 Å². The van der Waals surface area contributed by atoms with Crippen molar-refractivity contribution in [1.29, 1.82) is 5.26 Å². The standard InChI is InChI=1S/C40H53N11O13P2Si/c1-22(2)34(53)48-39-47-33-28(36(55)49-39)45-21-51(33)38-30(29(26(17-52)61-38)64-67(6,7)40(3,4)5)63-66(58-15-11-14-41)59-18-24-16-25(62-65(56)57)37(60-24)50-20-44-27-31(42-19-43-32(27)50)46-35(54)23-12-9-8-10-13-23/h8-10,12-13,19-22,24-26,29-30,37-38,52,65H,11,15-18H2,1-7H3,(H,56,57)(H,42,43,46,54)(H2,47,48,49,53,55)/t24-,25+,26+,29+,30+,37+,38+,66?/m0/s1. The molecule has 0 spiro atoms. The summed E-state index contributed by atoms with van der Waals surface area (Å²) in [6.45, 7) is 12.7. The molecule has 1 aromatic carbocycles. The van der Waals surface area contributed by atoms with Gasteiger partial charge in [-0.15, -0.1) is 0 Å². The number of hydrogen-bond donors (Lipinski definition) is 5. The number of fused-ring (bicyclic) bond motifs is 2. The summed E-state index contributed by atoms with van der Waals surface area (Å²) in [4.78, 5) is 73.1. The lowest BCUT2D eigenvalue weighted by atomic mass is 10.1. The number of hydrogen-bond acceptors (Lipinski definition) is 18. The van der Waals surface area contributed by atoms with Crippen LogP contribution in [0.4, 0.5) is 11.8 Å². The number of carbonyl (C=O) groups excluding carboxylic acids is 2. The van der Waals surface area contributed by atoms with E-state index in [0.29, 0.717) is 5.56 Å². The smallest absolute Gasteiger partial charge is 0.333 e. The fraction of sp³-hybridized carbons (Fsp3) is 0.525. The predicted octanol–water partition coefficient (Wildman–Crippen LogP) is 4.70. The number of aliphatic hydroxyl groups excluding tert-OH is 1. The fourth-order valence-corrected chi connectivity index (χ4v) is 9.93. The highest BCUT2D eigenvalue weighted by atomic mass is 31.2. The van der Waals surface area contributed by atoms with Gasteiger partial charge in [-0.05, 0) is 30.3 Å². The zero-order valence-electron chi connectivity index (χ0n) is 37.7. The molecular weight excluding hydrogens is 933 g/mol. The maximum Gasteiger partial charge on any atom is 0.333 e. The Morgan fingerprint density at radius 2 is 1.75 bits per heavy atom. The maximum absolute atomic E-state index is 13.2. The number of imidazole rings is 2. The molecule has 360 valence electrons. The van der Waals surface area contributed by atoms with Gasteiger partial charge in [-0.1, -0.05) is 52.8 Å². The number of H-pyrrole nitrogens is 1. The third kappa shape index (κ3) is 11.3. The Morgan fingerprint density at radius 3 is 2.42 bits per heavy atom. The molecule has 2 aliphatic heterocycles. The molecule has 5 N–H and O–H groups in total. The molecule has 4 aromatic heterocycles. The Balaban J connectivity index is 1.17. The number of aromatic amines is 1. The van der Waals surface area contributed by atoms with Gasteiger partial charge in [0.2, 0.25) is 11.9 Å². The first-order valence-electron chi connectivity index (χ1n) is 21.3. The van der Waals surface area contributed by atoms with Gasteiger partial charge in [0.25, 0.3) is 11.5 Å². The highest BCUT2D eigenvalue weighted by molar-refractivity contribution is 7.41. The Hall–Kier alpha value is -4.93. The summed E-state index contributed by atoms with van der Waals surface area (Å²) in [5, 5.41) is 25.2. The summed E-state index contributed by atoms with van der Waals surface area (Å²) >= 11 is 0. The second-order valence-electron chi connectivity index (χ2n) is 17.5. The molecule has 2 saturated heterocycles. The third-order valence-electron chi connectivity index (χ3n) is 11.5. The van der Waals surface area contributed by atoms with Gasteiger partial charge >= 0.3 is 16.9 Å². The Morgan fingerprint density at radius 1 is 1.03 bits per heavy atom. The quantitative estimate of drug-likeness (QED) is 0.0425. The van der Waals surface area contributed by atoms with E-state index in [1.807, 2.05) is 39.9 Å². The second kappa shape index (κ2) is 21.1. The normalized spacial score (nSPS) is 23.1. The molecule has 27 heteroatoms. The van der Waals surface area contributed by atoms with Crippen molar-refractivity contribution in [2.45, 2.75) is 109 Å². The lowest BCUT2D eigenvalue weighted by molar-refractivity contribution is -0.118. The Bertz CT molecular complexity index is 2680. The molecule has 24 nitrogen and oxygen atoms in total. The minimum absolute atomic E-state index is 0.0318. The van der Waals surface area contributed by atoms with E-state index in [9.17, 15) is 34.2 Å². The van der Waals surface area contributed by atoms with Crippen LogP contribution in [0.25, 0.3) is 22.3 Å². The van der Waals surface area contributed by atoms with Crippen LogP contribution >= 0.6 is 16.9 Å². The number of nitriles is 1. The van der Waals surface area contributed by atoms with E-state index in [1.54, 1.807) is 44.2 Å². The molecule has 0 saturated carbocycles. The third-order valence-corrected chi connectivity index (χ3v) is 17.6. The Kier molecular flexibility index (Phi) is 15.8. The summed E-state index contributed by atoms with van der Waals surface area (Å²) in [5.74, 6) is -1.24. The monoisotopic (exact) mass is 985 g/mol. The van der Waals surface area contributed by atoms with Crippen LogP contribution in [0.15, 0.2) is 54.1 Å². The number of rotatable bonds is 19. The van der Waals surface area contributed by atoms with Gasteiger partial charge in [0.1, 0.15) is 30.7 Å². The number of nitrogens with one attached hydrogen (secondary N) is 3. The van der Waals surface area contributed by atoms with Crippen LogP contribution in [0.3, 0.4) is 0 Å². The molecule has 7 rings (SSSR count). The van der Waals surface area contributed by atoms with Gasteiger partial charge < -0.3 is 47.3 Å². The first-order chi connectivity index (χ1) is 31.9. The minimum Gasteiger partial charge on any atom is -0.408 e. The minimum atomic E-state index is -3.50. The van der Waals surface area contributed by atoms with Crippen molar-refractivity contribution in [2.24, 2.45) is 5.92 Å². The van der Waals surface area contributed by atoms with E-state index < -0.39 is 92.1 Å². The highest BCUT2D eigenvalue weighted by Crippen LogP contribution is 2.50. The molecule has 5 aromatic rings. The SMILES string of the molecule is CC(C)C(=O)Nc1nc2c(ncn2[C@@H]2O[C@H](CO)[C@@H](O[Si](C)(C)C(C)(C)C)[C@H]2OP(OCCC#N)OC[C@@H]2C[C@@H](O[PH](=O)O)[C@H](n3cnc4c(NC(=O)c5ccccc5)ncnc43)O2)c(=O)[nH]1. The molecule has 6 heterocycles. The van der Waals surface area contributed by atoms with Gasteiger partial charge in [0, 0.05) is 17.9 Å². The largest absolute Gasteiger partial charge is 0.408 e. The lowest BCUT2D eigenvalue weighted by Gasteiger charge is -2.40. The number of carbonyl (C=O) groups is 2. The van der Waals surface area contributed by atoms with Crippen LogP contribution in [0, 0.1) is 17.2 Å². The number of anilines is 2. The number of amides is 2. The van der Waals surface area contributed by atoms with E-state index in [2.05, 4.69) is 40.5 Å². The van der Waals surface area contributed by atoms with Crippen molar-refractivity contribution in [2.75, 3.05) is 30.5 Å². The summed E-state index contributed by atoms with van der Waals surface area (Å²) in [5.41, 5.74) is 0.184. The van der Waals surface area contributed by atoms with Crippen LogP contribution in [-0.2, 0) is 41.4 Å². The van der Waals surface area contributed by atoms with Crippen LogP contribution in [0.1, 0.15) is 70.3 Å². The van der Waals surface area contributed by atoms with Gasteiger partial charge in [-0.2, -0.15) is 10.2 Å². The lowest BCUT2D eigenvalue weighted by Crippen LogP contribution is -2.50. The molecule has 0 bridgehead atoms. The summed E-state index contributed by atoms with van der Waals surface area (Å²) in [7, 11) is -8.56. The van der Waals surface area contributed by atoms with Crippen molar-refractivity contribution in [3.8, 4) is 6.07 Å². The van der Waals surface area contributed by atoms with Crippen molar-refractivity contribution < 1.29 is 56.1 Å². The zero-order chi connectivity index (χ0) is 48.2. The first-order valence-corrected chi connectivity index (χ1v) is 26.6. The van der Waals surface area contributed by atoms with Gasteiger partial charge in [-0.3, -0.25) is 38.4 Å². The van der Waals surface area contributed by atoms with E-state index >= 15 is 0 Å². The van der Waals surface area contributed by atoms with Gasteiger partial charge in [0.05, 0.1) is 51.1 Å². The molecule has 2 aliphatic rings. The molecule has 0 radical (unpaired) electrons. The van der Waals surface area contributed by atoms with Gasteiger partial charge in [-0.25, -0.2) is 19.9 Å². The van der Waals surface area contributed by atoms with Crippen molar-refractivity contribution >= 4 is 71.1 Å². The molecule has 9 atom stereocenters. The second-order valence-corrected chi connectivity index (χ2v) is 24.2. The molecule has 2 amide bonds. The summed E-state index contributed by atoms with van der Waals surface area (Å²) in [6.07, 6.45) is -3.13. The number of benzene rings is 1.